The van der Waals surface area contributed by atoms with Gasteiger partial charge < -0.3 is 0 Å². The van der Waals surface area contributed by atoms with E-state index in [2.05, 4.69) is 17.5 Å². The first kappa shape index (κ1) is 13.5. The number of hydrogen-bond acceptors (Lipinski definition) is 2. The van der Waals surface area contributed by atoms with Crippen molar-refractivity contribution in [2.75, 3.05) is 5.88 Å². The number of halogens is 1. The molecular formula is C14H18ClNO2Se. The van der Waals surface area contributed by atoms with Crippen LogP contribution >= 0.6 is 11.6 Å². The number of nitrogens with one attached hydrogen (secondary N) is 1. The molecule has 0 saturated carbocycles. The molecule has 1 saturated heterocycles. The summed E-state index contributed by atoms with van der Waals surface area (Å²) in [4.78, 5) is 14.0. The van der Waals surface area contributed by atoms with Crippen molar-refractivity contribution in [3.63, 3.8) is 0 Å². The summed E-state index contributed by atoms with van der Waals surface area (Å²) in [5.74, 6) is 0.930. The number of carbonyl (C=O) groups is 1. The van der Waals surface area contributed by atoms with E-state index < -0.39 is 18.1 Å². The van der Waals surface area contributed by atoms with Gasteiger partial charge in [-0.25, -0.2) is 0 Å². The fourth-order valence-corrected chi connectivity index (χ4v) is 7.38. The SMILES string of the molecule is O=C1NC2C(CCCl)=C[Se](=O)C12C[C@@H]1C=CCCC1. The van der Waals surface area contributed by atoms with E-state index in [0.717, 1.165) is 31.3 Å². The van der Waals surface area contributed by atoms with Crippen LogP contribution in [0.5, 0.6) is 0 Å². The Morgan fingerprint density at radius 3 is 3.00 bits per heavy atom. The van der Waals surface area contributed by atoms with Crippen molar-refractivity contribution in [2.24, 2.45) is 5.92 Å². The number of carbonyl (C=O) groups excluding carboxylic acids is 1. The molecule has 2 aliphatic heterocycles. The monoisotopic (exact) mass is 347 g/mol. The topological polar surface area (TPSA) is 46.2 Å². The summed E-state index contributed by atoms with van der Waals surface area (Å²) in [6.07, 6.45) is 9.30. The molecule has 1 amide bonds. The van der Waals surface area contributed by atoms with Crippen LogP contribution in [0.25, 0.3) is 0 Å². The van der Waals surface area contributed by atoms with Crippen molar-refractivity contribution < 1.29 is 8.63 Å². The van der Waals surface area contributed by atoms with Crippen LogP contribution in [-0.2, 0) is 8.63 Å². The first-order valence-electron chi connectivity index (χ1n) is 6.83. The normalized spacial score (nSPS) is 40.4. The van der Waals surface area contributed by atoms with Crippen molar-refractivity contribution in [1.29, 1.82) is 0 Å². The van der Waals surface area contributed by atoms with Gasteiger partial charge in [0.1, 0.15) is 0 Å². The summed E-state index contributed by atoms with van der Waals surface area (Å²) < 4.78 is 11.9. The second-order valence-corrected chi connectivity index (χ2v) is 9.20. The van der Waals surface area contributed by atoms with Crippen LogP contribution in [0.3, 0.4) is 0 Å². The number of fused-ring (bicyclic) bond motifs is 1. The van der Waals surface area contributed by atoms with Gasteiger partial charge in [0.25, 0.3) is 0 Å². The number of rotatable bonds is 4. The maximum absolute atomic E-state index is 12.5. The summed E-state index contributed by atoms with van der Waals surface area (Å²) in [5.41, 5.74) is 1.09. The summed E-state index contributed by atoms with van der Waals surface area (Å²) in [6.45, 7) is 0. The fraction of sp³-hybridized carbons (Fsp3) is 0.643. The molecule has 3 unspecified atom stereocenters. The van der Waals surface area contributed by atoms with Crippen LogP contribution in [0, 0.1) is 5.92 Å². The van der Waals surface area contributed by atoms with Gasteiger partial charge in [-0.05, 0) is 0 Å². The van der Waals surface area contributed by atoms with Crippen LogP contribution in [0.4, 0.5) is 0 Å². The van der Waals surface area contributed by atoms with E-state index in [0.29, 0.717) is 11.8 Å². The van der Waals surface area contributed by atoms with Crippen molar-refractivity contribution in [3.05, 3.63) is 22.7 Å². The van der Waals surface area contributed by atoms with Gasteiger partial charge in [-0.3, -0.25) is 0 Å². The molecule has 104 valence electrons. The summed E-state index contributed by atoms with van der Waals surface area (Å²) >= 11 is 3.55. The maximum atomic E-state index is 12.5. The van der Waals surface area contributed by atoms with Crippen LogP contribution < -0.4 is 5.32 Å². The molecule has 1 N–H and O–H groups in total. The van der Waals surface area contributed by atoms with Crippen molar-refractivity contribution >= 4 is 31.3 Å². The molecule has 3 rings (SSSR count). The quantitative estimate of drug-likeness (QED) is 0.368. The van der Waals surface area contributed by atoms with Gasteiger partial charge >= 0.3 is 122 Å². The third-order valence-corrected chi connectivity index (χ3v) is 8.43. The molecule has 0 radical (unpaired) electrons. The molecule has 0 aromatic carbocycles. The average Bonchev–Trinajstić information content (AvgIpc) is 2.61. The second-order valence-electron chi connectivity index (χ2n) is 5.55. The second kappa shape index (κ2) is 5.16. The Bertz CT molecular complexity index is 488. The number of allylic oxidation sites excluding steroid dienone is 2. The zero-order valence-electron chi connectivity index (χ0n) is 10.7. The van der Waals surface area contributed by atoms with E-state index in [1.165, 1.54) is 6.42 Å². The third-order valence-electron chi connectivity index (χ3n) is 4.42. The van der Waals surface area contributed by atoms with Crippen molar-refractivity contribution in [3.8, 4) is 0 Å². The van der Waals surface area contributed by atoms with E-state index in [1.54, 1.807) is 0 Å². The minimum absolute atomic E-state index is 0.00250. The molecule has 19 heavy (non-hydrogen) atoms. The van der Waals surface area contributed by atoms with Gasteiger partial charge in [0.05, 0.1) is 0 Å². The molecule has 3 aliphatic rings. The summed E-state index contributed by atoms with van der Waals surface area (Å²) in [7, 11) is 0. The number of β-lactam (4-membered cyclic amide) rings is 1. The van der Waals surface area contributed by atoms with Crippen LogP contribution in [0.2, 0.25) is 4.31 Å². The number of hydrogen-bond donors (Lipinski definition) is 1. The van der Waals surface area contributed by atoms with E-state index >= 15 is 0 Å². The van der Waals surface area contributed by atoms with E-state index in [9.17, 15) is 8.63 Å². The number of alkyl halides is 1. The van der Waals surface area contributed by atoms with Crippen LogP contribution in [-0.4, -0.2) is 31.7 Å². The zero-order chi connectivity index (χ0) is 13.5. The van der Waals surface area contributed by atoms with Gasteiger partial charge in [-0.1, -0.05) is 0 Å². The standard InChI is InChI=1S/C14H18ClNO2Se/c15-7-6-11-9-19(18)14(12(11)16-13(14)17)8-10-4-2-1-3-5-10/h2,4,9-10,12H,1,3,5-8H2,(H,16,17)/t10-,12?,14?,19?/m1/s1. The molecule has 2 heterocycles. The minimum atomic E-state index is -2.24. The molecule has 0 aromatic rings. The Balaban J connectivity index is 1.81. The van der Waals surface area contributed by atoms with Gasteiger partial charge in [0.2, 0.25) is 0 Å². The van der Waals surface area contributed by atoms with Gasteiger partial charge in [-0.2, -0.15) is 0 Å². The fourth-order valence-electron chi connectivity index (χ4n) is 3.38. The predicted molar refractivity (Wildman–Crippen MR) is 75.6 cm³/mol. The molecule has 0 spiro atoms. The number of amides is 1. The van der Waals surface area contributed by atoms with E-state index in [4.69, 9.17) is 11.6 Å². The molecule has 1 fully saturated rings. The molecule has 5 heteroatoms. The molecule has 4 atom stereocenters. The summed E-state index contributed by atoms with van der Waals surface area (Å²) in [6, 6.07) is -0.00317. The molecular weight excluding hydrogens is 329 g/mol. The molecule has 3 nitrogen and oxygen atoms in total. The Morgan fingerprint density at radius 2 is 2.37 bits per heavy atom. The Morgan fingerprint density at radius 1 is 1.53 bits per heavy atom. The zero-order valence-corrected chi connectivity index (χ0v) is 13.2. The molecule has 0 bridgehead atoms. The third kappa shape index (κ3) is 2.05. The Hall–Kier alpha value is -0.441. The van der Waals surface area contributed by atoms with Crippen molar-refractivity contribution in [1.82, 2.24) is 5.32 Å². The van der Waals surface area contributed by atoms with Gasteiger partial charge in [0, 0.05) is 0 Å². The molecule has 0 aromatic heterocycles. The first-order chi connectivity index (χ1) is 9.18. The Kier molecular flexibility index (Phi) is 3.67. The Labute approximate surface area is 122 Å². The van der Waals surface area contributed by atoms with E-state index in [-0.39, 0.29) is 11.9 Å². The van der Waals surface area contributed by atoms with Crippen LogP contribution in [0.15, 0.2) is 22.7 Å². The van der Waals surface area contributed by atoms with Crippen LogP contribution in [0.1, 0.15) is 32.1 Å². The first-order valence-corrected chi connectivity index (χ1v) is 9.91. The summed E-state index contributed by atoms with van der Waals surface area (Å²) in [5, 5.41) is 2.94. The van der Waals surface area contributed by atoms with Gasteiger partial charge in [0.15, 0.2) is 0 Å². The average molecular weight is 347 g/mol. The predicted octanol–water partition coefficient (Wildman–Crippen LogP) is 2.50. The van der Waals surface area contributed by atoms with Gasteiger partial charge in [-0.15, -0.1) is 0 Å². The van der Waals surface area contributed by atoms with E-state index in [1.807, 2.05) is 4.97 Å². The molecule has 1 aliphatic carbocycles. The van der Waals surface area contributed by atoms with Crippen molar-refractivity contribution in [2.45, 2.75) is 42.5 Å².